The number of carbonyl (C=O) groups excluding carboxylic acids is 1. The molecule has 1 amide bonds. The van der Waals surface area contributed by atoms with Crippen LogP contribution in [0.25, 0.3) is 0 Å². The zero-order valence-corrected chi connectivity index (χ0v) is 24.2. The summed E-state index contributed by atoms with van der Waals surface area (Å²) >= 11 is 5.05. The lowest BCUT2D eigenvalue weighted by atomic mass is 10.2. The van der Waals surface area contributed by atoms with Crippen molar-refractivity contribution in [2.24, 2.45) is 5.73 Å². The average molecular weight is 547 g/mol. The van der Waals surface area contributed by atoms with Gasteiger partial charge < -0.3 is 30.0 Å². The minimum atomic E-state index is -2.10. The molecule has 2 aromatic rings. The fourth-order valence-corrected chi connectivity index (χ4v) is 5.24. The van der Waals surface area contributed by atoms with Crippen LogP contribution in [-0.2, 0) is 4.43 Å². The number of carbonyl (C=O) groups is 1. The lowest BCUT2D eigenvalue weighted by molar-refractivity contribution is 0.0919. The van der Waals surface area contributed by atoms with Crippen LogP contribution in [-0.4, -0.2) is 69.8 Å². The quantitative estimate of drug-likeness (QED) is 0.337. The SMILES string of the molecule is CC(C)(C)[Si](C)(C)OC(CF)COc1ccc(C(=O)Nc2ccc(N3CCN(C(N)=S)CC3)cc2)cc1. The minimum Gasteiger partial charge on any atom is -0.491 e. The smallest absolute Gasteiger partial charge is 0.255 e. The van der Waals surface area contributed by atoms with Gasteiger partial charge in [-0.05, 0) is 78.9 Å². The Hall–Kier alpha value is -2.69. The number of nitrogens with two attached hydrogens (primary N) is 1. The van der Waals surface area contributed by atoms with E-state index in [9.17, 15) is 9.18 Å². The van der Waals surface area contributed by atoms with E-state index in [0.29, 0.717) is 22.1 Å². The molecule has 0 bridgehead atoms. The van der Waals surface area contributed by atoms with E-state index < -0.39 is 21.1 Å². The number of ether oxygens (including phenoxy) is 1. The summed E-state index contributed by atoms with van der Waals surface area (Å²) in [5.74, 6) is 0.348. The molecular weight excluding hydrogens is 507 g/mol. The number of benzene rings is 2. The third-order valence-electron chi connectivity index (χ3n) is 7.07. The zero-order chi connectivity index (χ0) is 27.2. The molecule has 2 aromatic carbocycles. The molecule has 0 saturated carbocycles. The number of piperazine rings is 1. The number of nitrogens with one attached hydrogen (secondary N) is 1. The van der Waals surface area contributed by atoms with Crippen molar-refractivity contribution in [2.75, 3.05) is 49.7 Å². The van der Waals surface area contributed by atoms with Crippen molar-refractivity contribution >= 4 is 42.9 Å². The fourth-order valence-electron chi connectivity index (χ4n) is 3.74. The first-order chi connectivity index (χ1) is 17.4. The van der Waals surface area contributed by atoms with Crippen molar-refractivity contribution in [1.29, 1.82) is 0 Å². The summed E-state index contributed by atoms with van der Waals surface area (Å²) in [5, 5.41) is 3.36. The van der Waals surface area contributed by atoms with Crippen molar-refractivity contribution in [2.45, 2.75) is 45.0 Å². The van der Waals surface area contributed by atoms with Gasteiger partial charge in [-0.1, -0.05) is 20.8 Å². The highest BCUT2D eigenvalue weighted by atomic mass is 32.1. The Morgan fingerprint density at radius 1 is 1.08 bits per heavy atom. The topological polar surface area (TPSA) is 80.1 Å². The summed E-state index contributed by atoms with van der Waals surface area (Å²) in [7, 11) is -2.10. The highest BCUT2D eigenvalue weighted by Gasteiger charge is 2.39. The maximum Gasteiger partial charge on any atom is 0.255 e. The van der Waals surface area contributed by atoms with Crippen LogP contribution in [0.15, 0.2) is 48.5 Å². The predicted molar refractivity (Wildman–Crippen MR) is 155 cm³/mol. The lowest BCUT2D eigenvalue weighted by Gasteiger charge is -2.38. The third-order valence-corrected chi connectivity index (χ3v) is 11.9. The molecule has 1 atom stereocenters. The average Bonchev–Trinajstić information content (AvgIpc) is 2.86. The molecule has 37 heavy (non-hydrogen) atoms. The molecule has 1 fully saturated rings. The molecule has 0 aliphatic carbocycles. The van der Waals surface area contributed by atoms with E-state index in [1.165, 1.54) is 0 Å². The molecule has 0 radical (unpaired) electrons. The van der Waals surface area contributed by atoms with Crippen molar-refractivity contribution in [3.05, 3.63) is 54.1 Å². The molecule has 1 aliphatic heterocycles. The molecule has 0 spiro atoms. The lowest BCUT2D eigenvalue weighted by Crippen LogP contribution is -2.50. The Kier molecular flexibility index (Phi) is 9.55. The largest absolute Gasteiger partial charge is 0.491 e. The summed E-state index contributed by atoms with van der Waals surface area (Å²) in [6.07, 6.45) is -0.617. The maximum atomic E-state index is 13.6. The summed E-state index contributed by atoms with van der Waals surface area (Å²) in [5.41, 5.74) is 8.02. The molecule has 1 saturated heterocycles. The molecule has 10 heteroatoms. The summed E-state index contributed by atoms with van der Waals surface area (Å²) in [6, 6.07) is 14.6. The Morgan fingerprint density at radius 3 is 2.19 bits per heavy atom. The molecule has 7 nitrogen and oxygen atoms in total. The number of thiocarbonyl (C=S) groups is 1. The van der Waals surface area contributed by atoms with E-state index in [1.54, 1.807) is 24.3 Å². The molecule has 0 aromatic heterocycles. The van der Waals surface area contributed by atoms with E-state index in [0.717, 1.165) is 31.9 Å². The van der Waals surface area contributed by atoms with E-state index in [1.807, 2.05) is 29.2 Å². The molecule has 1 heterocycles. The van der Waals surface area contributed by atoms with Gasteiger partial charge in [-0.3, -0.25) is 4.79 Å². The fraction of sp³-hybridized carbons (Fsp3) is 0.481. The highest BCUT2D eigenvalue weighted by Crippen LogP contribution is 2.37. The molecule has 3 rings (SSSR count). The van der Waals surface area contributed by atoms with Gasteiger partial charge in [0.15, 0.2) is 13.4 Å². The summed E-state index contributed by atoms with van der Waals surface area (Å²) < 4.78 is 25.5. The van der Waals surface area contributed by atoms with E-state index >= 15 is 0 Å². The predicted octanol–water partition coefficient (Wildman–Crippen LogP) is 5.04. The van der Waals surface area contributed by atoms with Gasteiger partial charge in [-0.15, -0.1) is 0 Å². The Balaban J connectivity index is 1.50. The molecule has 3 N–H and O–H groups in total. The van der Waals surface area contributed by atoms with Crippen LogP contribution >= 0.6 is 12.2 Å². The standard InChI is InChI=1S/C27H39FN4O3SSi/c1-27(2,3)37(4,5)35-24(18-28)19-34-23-12-6-20(7-13-23)25(33)30-21-8-10-22(11-9-21)31-14-16-32(17-15-31)26(29)36/h6-13,24H,14-19H2,1-5H3,(H2,29,36)(H,30,33). The van der Waals surface area contributed by atoms with E-state index in [2.05, 4.69) is 44.1 Å². The van der Waals surface area contributed by atoms with Crippen molar-refractivity contribution in [1.82, 2.24) is 4.90 Å². The number of halogens is 1. The summed E-state index contributed by atoms with van der Waals surface area (Å²) in [4.78, 5) is 17.0. The molecule has 1 unspecified atom stereocenters. The van der Waals surface area contributed by atoms with Crippen LogP contribution in [0.1, 0.15) is 31.1 Å². The second kappa shape index (κ2) is 12.2. The van der Waals surface area contributed by atoms with Crippen molar-refractivity contribution < 1.29 is 18.3 Å². The van der Waals surface area contributed by atoms with Gasteiger partial charge in [-0.25, -0.2) is 4.39 Å². The number of anilines is 2. The number of hydrogen-bond donors (Lipinski definition) is 2. The third kappa shape index (κ3) is 7.89. The van der Waals surface area contributed by atoms with Gasteiger partial charge >= 0.3 is 0 Å². The number of amides is 1. The number of nitrogens with zero attached hydrogens (tertiary/aromatic N) is 2. The normalized spacial score (nSPS) is 15.3. The number of alkyl halides is 1. The van der Waals surface area contributed by atoms with Gasteiger partial charge in [0, 0.05) is 43.1 Å². The molecule has 202 valence electrons. The summed E-state index contributed by atoms with van der Waals surface area (Å²) in [6.45, 7) is 13.3. The number of rotatable bonds is 9. The van der Waals surface area contributed by atoms with Gasteiger partial charge in [0.05, 0.1) is 0 Å². The highest BCUT2D eigenvalue weighted by molar-refractivity contribution is 7.80. The van der Waals surface area contributed by atoms with Crippen molar-refractivity contribution in [3.63, 3.8) is 0 Å². The van der Waals surface area contributed by atoms with Crippen LogP contribution in [0.3, 0.4) is 0 Å². The second-order valence-electron chi connectivity index (χ2n) is 10.8. The van der Waals surface area contributed by atoms with Crippen LogP contribution in [0.5, 0.6) is 5.75 Å². The molecule has 1 aliphatic rings. The number of hydrogen-bond acceptors (Lipinski definition) is 5. The van der Waals surface area contributed by atoms with Gasteiger partial charge in [0.2, 0.25) is 0 Å². The maximum absolute atomic E-state index is 13.6. The van der Waals surface area contributed by atoms with Crippen LogP contribution in [0.4, 0.5) is 15.8 Å². The van der Waals surface area contributed by atoms with E-state index in [4.69, 9.17) is 27.1 Å². The monoisotopic (exact) mass is 546 g/mol. The zero-order valence-electron chi connectivity index (χ0n) is 22.4. The first-order valence-corrected chi connectivity index (χ1v) is 15.9. The van der Waals surface area contributed by atoms with Gasteiger partial charge in [0.1, 0.15) is 25.1 Å². The van der Waals surface area contributed by atoms with E-state index in [-0.39, 0.29) is 17.6 Å². The van der Waals surface area contributed by atoms with Crippen LogP contribution in [0.2, 0.25) is 18.1 Å². The van der Waals surface area contributed by atoms with Gasteiger partial charge in [-0.2, -0.15) is 0 Å². The van der Waals surface area contributed by atoms with Crippen molar-refractivity contribution in [3.8, 4) is 5.75 Å². The Morgan fingerprint density at radius 2 is 1.68 bits per heavy atom. The first-order valence-electron chi connectivity index (χ1n) is 12.6. The van der Waals surface area contributed by atoms with Crippen LogP contribution in [0, 0.1) is 0 Å². The minimum absolute atomic E-state index is 0.00960. The second-order valence-corrected chi connectivity index (χ2v) is 16.0. The van der Waals surface area contributed by atoms with Gasteiger partial charge in [0.25, 0.3) is 5.91 Å². The molecular formula is C27H39FN4O3SSi. The Labute approximate surface area is 226 Å². The Bertz CT molecular complexity index is 1050. The first kappa shape index (κ1) is 28.9. The van der Waals surface area contributed by atoms with Crippen LogP contribution < -0.4 is 20.7 Å².